The van der Waals surface area contributed by atoms with Gasteiger partial charge in [0, 0.05) is 11.7 Å². The Morgan fingerprint density at radius 2 is 2.05 bits per heavy atom. The van der Waals surface area contributed by atoms with E-state index in [2.05, 4.69) is 5.10 Å². The molecule has 1 aromatic heterocycles. The fourth-order valence-electron chi connectivity index (χ4n) is 1.87. The van der Waals surface area contributed by atoms with Crippen LogP contribution < -0.4 is 10.2 Å². The zero-order valence-corrected chi connectivity index (χ0v) is 11.0. The van der Waals surface area contributed by atoms with E-state index in [9.17, 15) is 23.2 Å². The van der Waals surface area contributed by atoms with Gasteiger partial charge in [0.15, 0.2) is 0 Å². The van der Waals surface area contributed by atoms with Gasteiger partial charge in [-0.2, -0.15) is 18.3 Å². The van der Waals surface area contributed by atoms with E-state index >= 15 is 0 Å². The molecule has 2 aromatic rings. The number of alkyl halides is 3. The van der Waals surface area contributed by atoms with Gasteiger partial charge in [-0.05, 0) is 11.6 Å². The smallest absolute Gasteiger partial charge is 0.492 e. The van der Waals surface area contributed by atoms with Gasteiger partial charge in [-0.3, -0.25) is 4.68 Å². The molecular formula is C12H12BF3N2O3. The second kappa shape index (κ2) is 5.78. The monoisotopic (exact) mass is 300 g/mol. The van der Waals surface area contributed by atoms with E-state index in [0.717, 1.165) is 17.1 Å². The second-order valence-corrected chi connectivity index (χ2v) is 4.37. The molecule has 0 unspecified atom stereocenters. The Kier molecular flexibility index (Phi) is 4.24. The molecule has 9 heteroatoms. The van der Waals surface area contributed by atoms with E-state index in [1.165, 1.54) is 19.2 Å². The summed E-state index contributed by atoms with van der Waals surface area (Å²) in [4.78, 5) is 0. The first kappa shape index (κ1) is 15.4. The summed E-state index contributed by atoms with van der Waals surface area (Å²) in [6, 6.07) is 4.57. The van der Waals surface area contributed by atoms with Crippen molar-refractivity contribution in [2.75, 3.05) is 7.11 Å². The maximum Gasteiger partial charge on any atom is 0.492 e. The zero-order chi connectivity index (χ0) is 15.6. The van der Waals surface area contributed by atoms with E-state index in [1.807, 2.05) is 0 Å². The Labute approximate surface area is 118 Å². The Morgan fingerprint density at radius 3 is 2.57 bits per heavy atom. The average molecular weight is 300 g/mol. The molecule has 0 bridgehead atoms. The first-order chi connectivity index (χ1) is 9.81. The van der Waals surface area contributed by atoms with E-state index in [4.69, 9.17) is 4.74 Å². The number of hydrogen-bond donors (Lipinski definition) is 2. The van der Waals surface area contributed by atoms with Gasteiger partial charge in [0.1, 0.15) is 5.75 Å². The molecule has 0 radical (unpaired) electrons. The fourth-order valence-corrected chi connectivity index (χ4v) is 1.87. The Bertz CT molecular complexity index is 628. The van der Waals surface area contributed by atoms with Crippen LogP contribution in [0.1, 0.15) is 11.1 Å². The second-order valence-electron chi connectivity index (χ2n) is 4.37. The Morgan fingerprint density at radius 1 is 1.33 bits per heavy atom. The standard InChI is InChI=1S/C12H12BF3N2O3/c1-21-11-3-2-8(4-10(11)13(19)20)6-18-7-9(5-17-18)12(14,15)16/h2-5,7,19-20H,6H2,1H3. The summed E-state index contributed by atoms with van der Waals surface area (Å²) in [5.41, 5.74) is -0.132. The minimum atomic E-state index is -4.44. The quantitative estimate of drug-likeness (QED) is 0.813. The zero-order valence-electron chi connectivity index (χ0n) is 11.0. The molecule has 0 saturated carbocycles. The van der Waals surface area contributed by atoms with Crippen LogP contribution in [0.4, 0.5) is 13.2 Å². The van der Waals surface area contributed by atoms with Crippen molar-refractivity contribution in [1.29, 1.82) is 0 Å². The molecule has 1 heterocycles. The van der Waals surface area contributed by atoms with E-state index in [1.54, 1.807) is 6.07 Å². The number of ether oxygens (including phenoxy) is 1. The Hall–Kier alpha value is -2.00. The lowest BCUT2D eigenvalue weighted by Gasteiger charge is -2.10. The highest BCUT2D eigenvalue weighted by Gasteiger charge is 2.32. The van der Waals surface area contributed by atoms with Crippen molar-refractivity contribution >= 4 is 12.6 Å². The minimum absolute atomic E-state index is 0.0692. The number of aromatic nitrogens is 2. The van der Waals surface area contributed by atoms with Crippen molar-refractivity contribution in [3.8, 4) is 5.75 Å². The van der Waals surface area contributed by atoms with Crippen LogP contribution in [0.15, 0.2) is 30.6 Å². The van der Waals surface area contributed by atoms with Crippen LogP contribution >= 0.6 is 0 Å². The summed E-state index contributed by atoms with van der Waals surface area (Å²) >= 11 is 0. The molecule has 0 amide bonds. The first-order valence-electron chi connectivity index (χ1n) is 5.94. The largest absolute Gasteiger partial charge is 0.497 e. The van der Waals surface area contributed by atoms with E-state index in [-0.39, 0.29) is 17.8 Å². The summed E-state index contributed by atoms with van der Waals surface area (Å²) in [6.07, 6.45) is -2.81. The maximum atomic E-state index is 12.5. The lowest BCUT2D eigenvalue weighted by molar-refractivity contribution is -0.137. The van der Waals surface area contributed by atoms with E-state index in [0.29, 0.717) is 5.56 Å². The van der Waals surface area contributed by atoms with Gasteiger partial charge in [-0.25, -0.2) is 0 Å². The van der Waals surface area contributed by atoms with Crippen LogP contribution in [0.5, 0.6) is 5.75 Å². The topological polar surface area (TPSA) is 67.5 Å². The van der Waals surface area contributed by atoms with Crippen molar-refractivity contribution in [3.63, 3.8) is 0 Å². The third kappa shape index (κ3) is 3.56. The highest BCUT2D eigenvalue weighted by Crippen LogP contribution is 2.28. The molecule has 0 aliphatic rings. The highest BCUT2D eigenvalue weighted by molar-refractivity contribution is 6.59. The lowest BCUT2D eigenvalue weighted by atomic mass is 9.78. The molecule has 0 fully saturated rings. The van der Waals surface area contributed by atoms with Crippen molar-refractivity contribution in [2.24, 2.45) is 0 Å². The van der Waals surface area contributed by atoms with Crippen LogP contribution in [0.25, 0.3) is 0 Å². The van der Waals surface area contributed by atoms with Crippen LogP contribution in [-0.2, 0) is 12.7 Å². The van der Waals surface area contributed by atoms with Crippen LogP contribution in [0, 0.1) is 0 Å². The fraction of sp³-hybridized carbons (Fsp3) is 0.250. The average Bonchev–Trinajstić information content (AvgIpc) is 2.87. The summed E-state index contributed by atoms with van der Waals surface area (Å²) in [6.45, 7) is 0.0692. The number of nitrogens with zero attached hydrogens (tertiary/aromatic N) is 2. The molecule has 21 heavy (non-hydrogen) atoms. The van der Waals surface area contributed by atoms with Gasteiger partial charge < -0.3 is 14.8 Å². The summed E-state index contributed by atoms with van der Waals surface area (Å²) in [5.74, 6) is 0.283. The van der Waals surface area contributed by atoms with Crippen LogP contribution in [-0.4, -0.2) is 34.1 Å². The van der Waals surface area contributed by atoms with Gasteiger partial charge in [-0.15, -0.1) is 0 Å². The molecule has 2 rings (SSSR count). The van der Waals surface area contributed by atoms with Crippen molar-refractivity contribution in [1.82, 2.24) is 9.78 Å². The molecule has 2 N–H and O–H groups in total. The summed E-state index contributed by atoms with van der Waals surface area (Å²) < 4.78 is 43.5. The third-order valence-corrected chi connectivity index (χ3v) is 2.88. The first-order valence-corrected chi connectivity index (χ1v) is 5.94. The predicted molar refractivity (Wildman–Crippen MR) is 69.2 cm³/mol. The molecule has 0 aliphatic carbocycles. The lowest BCUT2D eigenvalue weighted by Crippen LogP contribution is -2.31. The summed E-state index contributed by atoms with van der Waals surface area (Å²) in [5, 5.41) is 22.1. The van der Waals surface area contributed by atoms with Gasteiger partial charge >= 0.3 is 13.3 Å². The molecule has 0 saturated heterocycles. The van der Waals surface area contributed by atoms with Crippen molar-refractivity contribution in [3.05, 3.63) is 41.7 Å². The number of hydrogen-bond acceptors (Lipinski definition) is 4. The van der Waals surface area contributed by atoms with E-state index < -0.39 is 18.9 Å². The number of rotatable bonds is 4. The van der Waals surface area contributed by atoms with Crippen molar-refractivity contribution < 1.29 is 28.0 Å². The molecule has 0 spiro atoms. The van der Waals surface area contributed by atoms with Gasteiger partial charge in [0.25, 0.3) is 0 Å². The molecule has 112 valence electrons. The molecule has 0 aliphatic heterocycles. The molecule has 5 nitrogen and oxygen atoms in total. The molecular weight excluding hydrogens is 288 g/mol. The highest BCUT2D eigenvalue weighted by atomic mass is 19.4. The summed E-state index contributed by atoms with van der Waals surface area (Å²) in [7, 11) is -0.354. The van der Waals surface area contributed by atoms with Crippen LogP contribution in [0.3, 0.4) is 0 Å². The minimum Gasteiger partial charge on any atom is -0.497 e. The van der Waals surface area contributed by atoms with Gasteiger partial charge in [0.05, 0.1) is 25.4 Å². The van der Waals surface area contributed by atoms with Crippen LogP contribution in [0.2, 0.25) is 0 Å². The van der Waals surface area contributed by atoms with Gasteiger partial charge in [0.2, 0.25) is 0 Å². The normalized spacial score (nSPS) is 11.5. The van der Waals surface area contributed by atoms with Crippen molar-refractivity contribution in [2.45, 2.75) is 12.7 Å². The SMILES string of the molecule is COc1ccc(Cn2cc(C(F)(F)F)cn2)cc1B(O)O. The predicted octanol–water partition coefficient (Wildman–Crippen LogP) is 0.639. The molecule has 1 aromatic carbocycles. The number of halogens is 3. The third-order valence-electron chi connectivity index (χ3n) is 2.88. The molecule has 0 atom stereocenters. The number of methoxy groups -OCH3 is 1. The number of benzene rings is 1. The van der Waals surface area contributed by atoms with Gasteiger partial charge in [-0.1, -0.05) is 12.1 Å². The maximum absolute atomic E-state index is 12.5. The Balaban J connectivity index is 2.24.